The van der Waals surface area contributed by atoms with Crippen LogP contribution in [0.5, 0.6) is 5.75 Å². The number of benzene rings is 2. The number of alkyl halides is 2. The molecular formula is C25H39INO3-. The number of rotatable bonds is 8. The van der Waals surface area contributed by atoms with E-state index in [2.05, 4.69) is 32.6 Å². The number of primary amides is 1. The number of phenolic OH excluding ortho intramolecular Hbond substituents is 1. The summed E-state index contributed by atoms with van der Waals surface area (Å²) in [6.45, 7) is 9.03. The summed E-state index contributed by atoms with van der Waals surface area (Å²) >= 11 is 0.548. The molecule has 2 aromatic carbocycles. The maximum absolute atomic E-state index is 11.1. The molecule has 0 aliphatic rings. The molecule has 0 aliphatic carbocycles. The minimum absolute atomic E-state index is 0.235. The van der Waals surface area contributed by atoms with E-state index in [9.17, 15) is 9.90 Å². The van der Waals surface area contributed by atoms with Crippen molar-refractivity contribution in [3.05, 3.63) is 65.7 Å². The van der Waals surface area contributed by atoms with Crippen LogP contribution in [0.4, 0.5) is 0 Å². The molecule has 170 valence electrons. The Labute approximate surface area is 193 Å². The molecule has 0 aromatic heterocycles. The van der Waals surface area contributed by atoms with E-state index in [-0.39, 0.29) is 17.1 Å². The topological polar surface area (TPSA) is 83.6 Å². The summed E-state index contributed by atoms with van der Waals surface area (Å²) < 4.78 is 0.994. The molecule has 4 nitrogen and oxygen atoms in total. The van der Waals surface area contributed by atoms with E-state index in [0.29, 0.717) is 40.7 Å². The number of carbonyl (C=O) groups excluding carboxylic acids is 1. The summed E-state index contributed by atoms with van der Waals surface area (Å²) in [7, 11) is 0. The molecule has 0 heterocycles. The molecule has 30 heavy (non-hydrogen) atoms. The number of aliphatic hydroxyl groups excluding tert-OH is 1. The molecule has 2 aromatic rings. The van der Waals surface area contributed by atoms with Crippen LogP contribution in [0.1, 0.15) is 64.5 Å². The van der Waals surface area contributed by atoms with Gasteiger partial charge < -0.3 is 15.9 Å². The third-order valence-corrected chi connectivity index (χ3v) is 7.23. The second-order valence-electron chi connectivity index (χ2n) is 7.52. The standard InChI is InChI=1S/C17H19NO2.C4H10I.C4H10O/c1-17(12-11-16(18)20,13-5-3-2-4-6-13)14-7-9-15(19)10-8-14;1-4(2)5-3;1-2-3-4-5/h2-10,19H,11-12H2,1H3,(H2,18,20);4H,1-3H3;5H,2-4H2,1H3/q;-1;. The Kier molecular flexibility index (Phi) is 15.3. The zero-order valence-electron chi connectivity index (χ0n) is 19.1. The predicted octanol–water partition coefficient (Wildman–Crippen LogP) is 1.86. The number of carbonyl (C=O) groups is 1. The van der Waals surface area contributed by atoms with Gasteiger partial charge >= 0.3 is 43.9 Å². The average Bonchev–Trinajstić information content (AvgIpc) is 2.74. The van der Waals surface area contributed by atoms with Gasteiger partial charge in [-0.15, -0.1) is 0 Å². The first kappa shape index (κ1) is 28.4. The Morgan fingerprint density at radius 3 is 1.93 bits per heavy atom. The summed E-state index contributed by atoms with van der Waals surface area (Å²) in [4.78, 5) is 13.5. The second-order valence-corrected chi connectivity index (χ2v) is 11.3. The first-order chi connectivity index (χ1) is 14.2. The van der Waals surface area contributed by atoms with Crippen molar-refractivity contribution in [2.24, 2.45) is 5.73 Å². The van der Waals surface area contributed by atoms with Crippen molar-refractivity contribution in [2.75, 3.05) is 11.5 Å². The van der Waals surface area contributed by atoms with Crippen LogP contribution < -0.4 is 26.9 Å². The van der Waals surface area contributed by atoms with Crippen molar-refractivity contribution >= 4 is 5.91 Å². The van der Waals surface area contributed by atoms with E-state index in [1.165, 1.54) is 0 Å². The molecule has 2 rings (SSSR count). The van der Waals surface area contributed by atoms with Gasteiger partial charge in [0.2, 0.25) is 5.91 Å². The normalized spacial score (nSPS) is 12.2. The van der Waals surface area contributed by atoms with Crippen LogP contribution in [-0.2, 0) is 10.2 Å². The van der Waals surface area contributed by atoms with Crippen LogP contribution >= 0.6 is 0 Å². The fraction of sp³-hybridized carbons (Fsp3) is 0.480. The SMILES string of the molecule is CC(CCC(N)=O)(c1ccccc1)c1ccc(O)cc1.CCCCO.C[I-]C(C)C. The molecule has 0 aliphatic heterocycles. The van der Waals surface area contributed by atoms with Crippen molar-refractivity contribution < 1.29 is 36.2 Å². The fourth-order valence-electron chi connectivity index (χ4n) is 2.62. The zero-order chi connectivity index (χ0) is 23.0. The number of nitrogens with two attached hydrogens (primary N) is 1. The second kappa shape index (κ2) is 16.1. The number of phenols is 1. The quantitative estimate of drug-likeness (QED) is 0.362. The van der Waals surface area contributed by atoms with Crippen LogP contribution in [0.3, 0.4) is 0 Å². The number of unbranched alkanes of at least 4 members (excludes halogenated alkanes) is 1. The van der Waals surface area contributed by atoms with Crippen molar-refractivity contribution in [1.29, 1.82) is 0 Å². The van der Waals surface area contributed by atoms with Gasteiger partial charge in [-0.05, 0) is 36.1 Å². The molecule has 0 fully saturated rings. The van der Waals surface area contributed by atoms with Crippen molar-refractivity contribution in [1.82, 2.24) is 0 Å². The third-order valence-electron chi connectivity index (χ3n) is 4.73. The molecule has 5 heteroatoms. The monoisotopic (exact) mass is 528 g/mol. The molecule has 0 bridgehead atoms. The first-order valence-electron chi connectivity index (χ1n) is 10.4. The van der Waals surface area contributed by atoms with Crippen LogP contribution in [0, 0.1) is 0 Å². The Hall–Kier alpha value is -1.60. The van der Waals surface area contributed by atoms with E-state index >= 15 is 0 Å². The van der Waals surface area contributed by atoms with E-state index in [4.69, 9.17) is 10.8 Å². The number of hydrogen-bond acceptors (Lipinski definition) is 3. The van der Waals surface area contributed by atoms with E-state index in [1.54, 1.807) is 12.1 Å². The number of aliphatic hydroxyl groups is 1. The Morgan fingerprint density at radius 2 is 1.57 bits per heavy atom. The van der Waals surface area contributed by atoms with Crippen molar-refractivity contribution in [3.8, 4) is 5.75 Å². The van der Waals surface area contributed by atoms with Crippen molar-refractivity contribution in [3.63, 3.8) is 0 Å². The average molecular weight is 528 g/mol. The molecule has 0 saturated heterocycles. The van der Waals surface area contributed by atoms with Crippen LogP contribution in [0.15, 0.2) is 54.6 Å². The summed E-state index contributed by atoms with van der Waals surface area (Å²) in [5, 5.41) is 17.5. The van der Waals surface area contributed by atoms with Crippen LogP contribution in [-0.4, -0.2) is 31.6 Å². The van der Waals surface area contributed by atoms with E-state index in [1.807, 2.05) is 42.5 Å². The Balaban J connectivity index is 0.000000702. The van der Waals surface area contributed by atoms with Gasteiger partial charge in [-0.25, -0.2) is 0 Å². The molecule has 4 N–H and O–H groups in total. The van der Waals surface area contributed by atoms with Gasteiger partial charge in [-0.1, -0.05) is 62.7 Å². The number of aromatic hydroxyl groups is 1. The molecule has 0 radical (unpaired) electrons. The molecular weight excluding hydrogens is 489 g/mol. The van der Waals surface area contributed by atoms with Crippen LogP contribution in [0.25, 0.3) is 0 Å². The van der Waals surface area contributed by atoms with Gasteiger partial charge in [0.1, 0.15) is 5.75 Å². The summed E-state index contributed by atoms with van der Waals surface area (Å²) in [5.74, 6) is -0.0648. The Bertz CT molecular complexity index is 687. The van der Waals surface area contributed by atoms with E-state index in [0.717, 1.165) is 27.9 Å². The predicted molar refractivity (Wildman–Crippen MR) is 122 cm³/mol. The van der Waals surface area contributed by atoms with Gasteiger partial charge in [-0.3, -0.25) is 4.79 Å². The third kappa shape index (κ3) is 11.6. The molecule has 0 saturated carbocycles. The number of halogens is 1. The van der Waals surface area contributed by atoms with Gasteiger partial charge in [0.05, 0.1) is 0 Å². The molecule has 1 unspecified atom stereocenters. The van der Waals surface area contributed by atoms with Gasteiger partial charge in [0.25, 0.3) is 0 Å². The Morgan fingerprint density at radius 1 is 1.07 bits per heavy atom. The van der Waals surface area contributed by atoms with Gasteiger partial charge in [-0.2, -0.15) is 0 Å². The van der Waals surface area contributed by atoms with Gasteiger partial charge in [0.15, 0.2) is 0 Å². The van der Waals surface area contributed by atoms with E-state index < -0.39 is 0 Å². The minimum atomic E-state index is -0.302. The van der Waals surface area contributed by atoms with Gasteiger partial charge in [0, 0.05) is 18.4 Å². The number of amides is 1. The maximum atomic E-state index is 11.1. The summed E-state index contributed by atoms with van der Waals surface area (Å²) in [5.41, 5.74) is 7.19. The fourth-order valence-corrected chi connectivity index (χ4v) is 2.62. The summed E-state index contributed by atoms with van der Waals surface area (Å²) in [6, 6.07) is 17.2. The summed E-state index contributed by atoms with van der Waals surface area (Å²) in [6.07, 6.45) is 3.00. The molecule has 1 atom stereocenters. The first-order valence-corrected chi connectivity index (χ1v) is 13.8. The van der Waals surface area contributed by atoms with Crippen LogP contribution in [0.2, 0.25) is 0 Å². The number of hydrogen-bond donors (Lipinski definition) is 3. The zero-order valence-corrected chi connectivity index (χ0v) is 21.2. The molecule has 1 amide bonds. The molecule has 0 spiro atoms. The van der Waals surface area contributed by atoms with Crippen molar-refractivity contribution in [2.45, 2.75) is 62.7 Å².